The van der Waals surface area contributed by atoms with Gasteiger partial charge in [-0.1, -0.05) is 30.3 Å². The molecule has 0 saturated carbocycles. The maximum Gasteiger partial charge on any atom is 0.329 e. The lowest BCUT2D eigenvalue weighted by atomic mass is 9.93. The smallest absolute Gasteiger partial charge is 0.329 e. The minimum Gasteiger partial charge on any atom is -0.480 e. The van der Waals surface area contributed by atoms with Gasteiger partial charge in [0, 0.05) is 13.1 Å². The third kappa shape index (κ3) is 4.71. The number of hydrogen-bond donors (Lipinski definition) is 2. The minimum atomic E-state index is -1.31. The Labute approximate surface area is 142 Å². The molecule has 0 aliphatic carbocycles. The van der Waals surface area contributed by atoms with Gasteiger partial charge in [0.1, 0.15) is 5.54 Å². The number of urea groups is 1. The van der Waals surface area contributed by atoms with Gasteiger partial charge in [0.15, 0.2) is 0 Å². The van der Waals surface area contributed by atoms with E-state index in [-0.39, 0.29) is 18.2 Å². The summed E-state index contributed by atoms with van der Waals surface area (Å²) >= 11 is 0. The quantitative estimate of drug-likeness (QED) is 0.866. The van der Waals surface area contributed by atoms with Crippen LogP contribution in [0.25, 0.3) is 0 Å². The lowest BCUT2D eigenvalue weighted by molar-refractivity contribution is -0.144. The Morgan fingerprint density at radius 2 is 1.83 bits per heavy atom. The predicted octanol–water partition coefficient (Wildman–Crippen LogP) is 2.28. The first-order valence-electron chi connectivity index (χ1n) is 8.30. The van der Waals surface area contributed by atoms with E-state index in [4.69, 9.17) is 4.74 Å². The summed E-state index contributed by atoms with van der Waals surface area (Å²) in [5.41, 5.74) is -0.259. The molecule has 2 N–H and O–H groups in total. The molecule has 1 aromatic carbocycles. The Bertz CT molecular complexity index is 568. The Morgan fingerprint density at radius 1 is 1.25 bits per heavy atom. The van der Waals surface area contributed by atoms with Crippen LogP contribution < -0.4 is 5.32 Å². The van der Waals surface area contributed by atoms with E-state index in [9.17, 15) is 14.7 Å². The van der Waals surface area contributed by atoms with Crippen LogP contribution in [0.1, 0.15) is 32.8 Å². The van der Waals surface area contributed by atoms with Gasteiger partial charge in [0.2, 0.25) is 0 Å². The number of aryl methyl sites for hydroxylation is 1. The number of nitrogens with one attached hydrogen (secondary N) is 1. The summed E-state index contributed by atoms with van der Waals surface area (Å²) in [4.78, 5) is 25.9. The Hall–Kier alpha value is -2.08. The summed E-state index contributed by atoms with van der Waals surface area (Å²) in [6, 6.07) is 9.31. The molecule has 0 radical (unpaired) electrons. The number of nitrogens with zero attached hydrogens (tertiary/aromatic N) is 1. The van der Waals surface area contributed by atoms with Gasteiger partial charge in [0.05, 0.1) is 12.2 Å². The number of hydrogen-bond acceptors (Lipinski definition) is 3. The molecule has 1 aliphatic heterocycles. The molecule has 6 heteroatoms. The fourth-order valence-electron chi connectivity index (χ4n) is 2.92. The SMILES string of the molecule is C[C@@H]1CN(C(=O)NC(C)(CCc2ccccc2)C(=O)O)C[C@H](C)O1. The van der Waals surface area contributed by atoms with Crippen molar-refractivity contribution in [2.45, 2.75) is 51.4 Å². The van der Waals surface area contributed by atoms with Gasteiger partial charge in [-0.25, -0.2) is 9.59 Å². The first-order valence-corrected chi connectivity index (χ1v) is 8.30. The number of benzene rings is 1. The van der Waals surface area contributed by atoms with Crippen LogP contribution in [0.3, 0.4) is 0 Å². The van der Waals surface area contributed by atoms with Crippen molar-refractivity contribution in [3.8, 4) is 0 Å². The summed E-state index contributed by atoms with van der Waals surface area (Å²) in [7, 11) is 0. The van der Waals surface area contributed by atoms with Crippen LogP contribution in [0, 0.1) is 0 Å². The molecule has 0 bridgehead atoms. The van der Waals surface area contributed by atoms with E-state index in [1.807, 2.05) is 44.2 Å². The van der Waals surface area contributed by atoms with Gasteiger partial charge in [-0.05, 0) is 39.2 Å². The highest BCUT2D eigenvalue weighted by Gasteiger charge is 2.37. The van der Waals surface area contributed by atoms with Gasteiger partial charge >= 0.3 is 12.0 Å². The van der Waals surface area contributed by atoms with Crippen molar-refractivity contribution in [1.29, 1.82) is 0 Å². The number of carboxylic acid groups (broad SMARTS) is 1. The fourth-order valence-corrected chi connectivity index (χ4v) is 2.92. The number of carbonyl (C=O) groups excluding carboxylic acids is 1. The number of rotatable bonds is 5. The third-order valence-corrected chi connectivity index (χ3v) is 4.32. The zero-order valence-corrected chi connectivity index (χ0v) is 14.5. The van der Waals surface area contributed by atoms with Crippen molar-refractivity contribution in [2.75, 3.05) is 13.1 Å². The average Bonchev–Trinajstić information content (AvgIpc) is 2.53. The number of carbonyl (C=O) groups is 2. The van der Waals surface area contributed by atoms with Crippen LogP contribution in [-0.2, 0) is 16.0 Å². The van der Waals surface area contributed by atoms with Crippen molar-refractivity contribution in [2.24, 2.45) is 0 Å². The largest absolute Gasteiger partial charge is 0.480 e. The Morgan fingerprint density at radius 3 is 2.38 bits per heavy atom. The normalized spacial score (nSPS) is 23.4. The number of aliphatic carboxylic acids is 1. The Kier molecular flexibility index (Phi) is 5.83. The first-order chi connectivity index (χ1) is 11.3. The maximum atomic E-state index is 12.5. The second-order valence-electron chi connectivity index (χ2n) is 6.72. The molecular weight excluding hydrogens is 308 g/mol. The van der Waals surface area contributed by atoms with E-state index < -0.39 is 11.5 Å². The van der Waals surface area contributed by atoms with Crippen molar-refractivity contribution < 1.29 is 19.4 Å². The highest BCUT2D eigenvalue weighted by molar-refractivity contribution is 5.86. The standard InChI is InChI=1S/C18H26N2O4/c1-13-11-20(12-14(2)24-13)17(23)19-18(3,16(21)22)10-9-15-7-5-4-6-8-15/h4-8,13-14H,9-12H2,1-3H3,(H,19,23)(H,21,22)/t13-,14+,18?. The molecule has 0 spiro atoms. The summed E-state index contributed by atoms with van der Waals surface area (Å²) in [6.45, 7) is 6.29. The van der Waals surface area contributed by atoms with E-state index in [2.05, 4.69) is 5.32 Å². The van der Waals surface area contributed by atoms with Gasteiger partial charge in [-0.2, -0.15) is 0 Å². The van der Waals surface area contributed by atoms with Crippen LogP contribution in [0.4, 0.5) is 4.79 Å². The number of ether oxygens (including phenoxy) is 1. The molecular formula is C18H26N2O4. The van der Waals surface area contributed by atoms with Gasteiger partial charge in [0.25, 0.3) is 0 Å². The van der Waals surface area contributed by atoms with Gasteiger partial charge in [-0.3, -0.25) is 0 Å². The monoisotopic (exact) mass is 334 g/mol. The van der Waals surface area contributed by atoms with Crippen molar-refractivity contribution in [3.63, 3.8) is 0 Å². The molecule has 1 aromatic rings. The lowest BCUT2D eigenvalue weighted by Crippen LogP contribution is -2.59. The summed E-state index contributed by atoms with van der Waals surface area (Å²) in [6.07, 6.45) is 0.799. The van der Waals surface area contributed by atoms with E-state index in [1.165, 1.54) is 0 Å². The molecule has 2 amide bonds. The number of carboxylic acids is 1. The molecule has 24 heavy (non-hydrogen) atoms. The van der Waals surface area contributed by atoms with Gasteiger partial charge in [-0.15, -0.1) is 0 Å². The minimum absolute atomic E-state index is 0.0556. The van der Waals surface area contributed by atoms with Crippen LogP contribution in [0.5, 0.6) is 0 Å². The molecule has 132 valence electrons. The van der Waals surface area contributed by atoms with E-state index in [0.29, 0.717) is 25.9 Å². The van der Waals surface area contributed by atoms with E-state index >= 15 is 0 Å². The Balaban J connectivity index is 2.01. The average molecular weight is 334 g/mol. The molecule has 1 saturated heterocycles. The molecule has 1 heterocycles. The summed E-state index contributed by atoms with van der Waals surface area (Å²) in [5, 5.41) is 12.3. The zero-order valence-electron chi connectivity index (χ0n) is 14.5. The first kappa shape index (κ1) is 18.3. The van der Waals surface area contributed by atoms with Crippen molar-refractivity contribution in [3.05, 3.63) is 35.9 Å². The lowest BCUT2D eigenvalue weighted by Gasteiger charge is -2.37. The molecule has 6 nitrogen and oxygen atoms in total. The zero-order chi connectivity index (χ0) is 17.7. The highest BCUT2D eigenvalue weighted by atomic mass is 16.5. The van der Waals surface area contributed by atoms with E-state index in [1.54, 1.807) is 11.8 Å². The molecule has 1 unspecified atom stereocenters. The molecule has 1 fully saturated rings. The molecule has 3 atom stereocenters. The predicted molar refractivity (Wildman–Crippen MR) is 90.9 cm³/mol. The summed E-state index contributed by atoms with van der Waals surface area (Å²) < 4.78 is 5.61. The maximum absolute atomic E-state index is 12.5. The number of morpholine rings is 1. The highest BCUT2D eigenvalue weighted by Crippen LogP contribution is 2.17. The van der Waals surface area contributed by atoms with Crippen molar-refractivity contribution >= 4 is 12.0 Å². The molecule has 1 aliphatic rings. The molecule has 2 rings (SSSR count). The van der Waals surface area contributed by atoms with E-state index in [0.717, 1.165) is 5.56 Å². The molecule has 0 aromatic heterocycles. The summed E-state index contributed by atoms with van der Waals surface area (Å²) in [5.74, 6) is -1.03. The topological polar surface area (TPSA) is 78.9 Å². The van der Waals surface area contributed by atoms with Crippen molar-refractivity contribution in [1.82, 2.24) is 10.2 Å². The fraction of sp³-hybridized carbons (Fsp3) is 0.556. The number of amides is 2. The van der Waals surface area contributed by atoms with Crippen LogP contribution >= 0.6 is 0 Å². The van der Waals surface area contributed by atoms with Crippen LogP contribution in [0.2, 0.25) is 0 Å². The second-order valence-corrected chi connectivity index (χ2v) is 6.72. The van der Waals surface area contributed by atoms with Crippen LogP contribution in [-0.4, -0.2) is 52.8 Å². The third-order valence-electron chi connectivity index (χ3n) is 4.32. The second kappa shape index (κ2) is 7.66. The van der Waals surface area contributed by atoms with Crippen LogP contribution in [0.15, 0.2) is 30.3 Å². The van der Waals surface area contributed by atoms with Gasteiger partial charge < -0.3 is 20.1 Å².